The molecule has 1 aliphatic rings. The van der Waals surface area contributed by atoms with Crippen molar-refractivity contribution in [3.8, 4) is 11.6 Å². The molecular weight excluding hydrogens is 354 g/mol. The zero-order valence-electron chi connectivity index (χ0n) is 15.5. The van der Waals surface area contributed by atoms with Gasteiger partial charge in [0.15, 0.2) is 0 Å². The molecule has 2 N–H and O–H groups in total. The quantitative estimate of drug-likeness (QED) is 0.712. The van der Waals surface area contributed by atoms with Crippen molar-refractivity contribution in [2.45, 2.75) is 19.3 Å². The zero-order chi connectivity index (χ0) is 19.7. The number of fused-ring (bicyclic) bond motifs is 1. The number of nitrogens with zero attached hydrogens (tertiary/aromatic N) is 1. The van der Waals surface area contributed by atoms with Crippen molar-refractivity contribution in [2.24, 2.45) is 0 Å². The zero-order valence-corrected chi connectivity index (χ0v) is 15.5. The minimum Gasteiger partial charge on any atom is -0.439 e. The van der Waals surface area contributed by atoms with Crippen LogP contribution in [0.5, 0.6) is 11.6 Å². The predicted molar refractivity (Wildman–Crippen MR) is 107 cm³/mol. The molecular formula is C22H19N3O3. The maximum Gasteiger partial charge on any atom is 0.255 e. The number of amides is 2. The highest BCUT2D eigenvalue weighted by atomic mass is 16.5. The SMILES string of the molecule is CC1(C)C(=O)Nc2cc(C(=O)Nc3ccc(Oc4ccccc4)nc3)ccc21. The summed E-state index contributed by atoms with van der Waals surface area (Å²) in [5.74, 6) is 0.778. The van der Waals surface area contributed by atoms with Gasteiger partial charge < -0.3 is 15.4 Å². The van der Waals surface area contributed by atoms with Crippen molar-refractivity contribution in [2.75, 3.05) is 10.6 Å². The average Bonchev–Trinajstić information content (AvgIpc) is 2.92. The summed E-state index contributed by atoms with van der Waals surface area (Å²) in [4.78, 5) is 28.8. The Balaban J connectivity index is 1.46. The summed E-state index contributed by atoms with van der Waals surface area (Å²) in [7, 11) is 0. The molecule has 28 heavy (non-hydrogen) atoms. The van der Waals surface area contributed by atoms with Gasteiger partial charge in [-0.15, -0.1) is 0 Å². The molecule has 0 atom stereocenters. The number of hydrogen-bond donors (Lipinski definition) is 2. The highest BCUT2D eigenvalue weighted by molar-refractivity contribution is 6.09. The van der Waals surface area contributed by atoms with Gasteiger partial charge in [-0.25, -0.2) is 4.98 Å². The lowest BCUT2D eigenvalue weighted by molar-refractivity contribution is -0.119. The van der Waals surface area contributed by atoms with Crippen molar-refractivity contribution in [3.63, 3.8) is 0 Å². The van der Waals surface area contributed by atoms with E-state index in [2.05, 4.69) is 15.6 Å². The molecule has 1 aliphatic heterocycles. The van der Waals surface area contributed by atoms with Crippen molar-refractivity contribution < 1.29 is 14.3 Å². The number of rotatable bonds is 4. The normalized spacial score (nSPS) is 14.1. The Labute approximate surface area is 162 Å². The number of aromatic nitrogens is 1. The molecule has 0 unspecified atom stereocenters. The van der Waals surface area contributed by atoms with E-state index in [1.165, 1.54) is 6.20 Å². The lowest BCUT2D eigenvalue weighted by Crippen LogP contribution is -2.26. The smallest absolute Gasteiger partial charge is 0.255 e. The summed E-state index contributed by atoms with van der Waals surface area (Å²) < 4.78 is 5.64. The number of benzene rings is 2. The number of pyridine rings is 1. The minimum atomic E-state index is -0.594. The van der Waals surface area contributed by atoms with E-state index in [9.17, 15) is 9.59 Å². The van der Waals surface area contributed by atoms with Crippen LogP contribution in [0, 0.1) is 0 Å². The molecule has 1 aromatic heterocycles. The number of nitrogens with one attached hydrogen (secondary N) is 2. The number of carbonyl (C=O) groups excluding carboxylic acids is 2. The fraction of sp³-hybridized carbons (Fsp3) is 0.136. The van der Waals surface area contributed by atoms with Crippen molar-refractivity contribution in [1.82, 2.24) is 4.98 Å². The lowest BCUT2D eigenvalue weighted by atomic mass is 9.86. The molecule has 6 heteroatoms. The molecule has 0 radical (unpaired) electrons. The second kappa shape index (κ2) is 6.81. The number of carbonyl (C=O) groups is 2. The standard InChI is InChI=1S/C22H19N3O3/c1-22(2)17-10-8-14(12-18(17)25-21(22)27)20(26)24-15-9-11-19(23-13-15)28-16-6-4-3-5-7-16/h3-13H,1-2H3,(H,24,26)(H,25,27). The summed E-state index contributed by atoms with van der Waals surface area (Å²) in [6, 6.07) is 18.0. The largest absolute Gasteiger partial charge is 0.439 e. The Kier molecular flexibility index (Phi) is 4.31. The van der Waals surface area contributed by atoms with Crippen LogP contribution in [0.25, 0.3) is 0 Å². The molecule has 0 spiro atoms. The van der Waals surface area contributed by atoms with Gasteiger partial charge in [-0.1, -0.05) is 24.3 Å². The second-order valence-corrected chi connectivity index (χ2v) is 7.09. The van der Waals surface area contributed by atoms with Crippen molar-refractivity contribution in [3.05, 3.63) is 78.0 Å². The first-order valence-electron chi connectivity index (χ1n) is 8.90. The third-order valence-corrected chi connectivity index (χ3v) is 4.73. The van der Waals surface area contributed by atoms with Gasteiger partial charge in [-0.05, 0) is 49.7 Å². The first-order valence-corrected chi connectivity index (χ1v) is 8.90. The van der Waals surface area contributed by atoms with Gasteiger partial charge in [0.2, 0.25) is 11.8 Å². The van der Waals surface area contributed by atoms with Gasteiger partial charge in [0.1, 0.15) is 5.75 Å². The van der Waals surface area contributed by atoms with E-state index in [4.69, 9.17) is 4.74 Å². The molecule has 0 fully saturated rings. The molecule has 0 bridgehead atoms. The number of anilines is 2. The maximum atomic E-state index is 12.5. The summed E-state index contributed by atoms with van der Waals surface area (Å²) in [5, 5.41) is 5.63. The topological polar surface area (TPSA) is 80.3 Å². The highest BCUT2D eigenvalue weighted by Crippen LogP contribution is 2.37. The molecule has 0 saturated carbocycles. The summed E-state index contributed by atoms with van der Waals surface area (Å²) in [6.07, 6.45) is 1.54. The van der Waals surface area contributed by atoms with Crippen molar-refractivity contribution in [1.29, 1.82) is 0 Å². The highest BCUT2D eigenvalue weighted by Gasteiger charge is 2.38. The Morgan fingerprint density at radius 1 is 1.07 bits per heavy atom. The molecule has 4 rings (SSSR count). The fourth-order valence-electron chi connectivity index (χ4n) is 3.06. The molecule has 6 nitrogen and oxygen atoms in total. The van der Waals surface area contributed by atoms with E-state index in [-0.39, 0.29) is 11.8 Å². The predicted octanol–water partition coefficient (Wildman–Crippen LogP) is 4.36. The first kappa shape index (κ1) is 17.7. The Hall–Kier alpha value is -3.67. The van der Waals surface area contributed by atoms with E-state index in [1.54, 1.807) is 24.3 Å². The molecule has 0 saturated heterocycles. The minimum absolute atomic E-state index is 0.0711. The van der Waals surface area contributed by atoms with Crippen LogP contribution in [-0.2, 0) is 10.2 Å². The van der Waals surface area contributed by atoms with Crippen LogP contribution >= 0.6 is 0 Å². The summed E-state index contributed by atoms with van der Waals surface area (Å²) in [5.41, 5.74) is 1.98. The van der Waals surface area contributed by atoms with E-state index >= 15 is 0 Å². The molecule has 2 amide bonds. The molecule has 0 aliphatic carbocycles. The van der Waals surface area contributed by atoms with E-state index < -0.39 is 5.41 Å². The first-order chi connectivity index (χ1) is 13.4. The van der Waals surface area contributed by atoms with Crippen LogP contribution in [0.3, 0.4) is 0 Å². The molecule has 3 aromatic rings. The monoisotopic (exact) mass is 373 g/mol. The average molecular weight is 373 g/mol. The van der Waals surface area contributed by atoms with Gasteiger partial charge in [-0.3, -0.25) is 9.59 Å². The van der Waals surface area contributed by atoms with Gasteiger partial charge >= 0.3 is 0 Å². The molecule has 140 valence electrons. The van der Waals surface area contributed by atoms with E-state index in [0.717, 1.165) is 5.56 Å². The Morgan fingerprint density at radius 2 is 1.86 bits per heavy atom. The molecule has 2 heterocycles. The van der Waals surface area contributed by atoms with Crippen LogP contribution in [0.2, 0.25) is 0 Å². The Bertz CT molecular complexity index is 1040. The Morgan fingerprint density at radius 3 is 2.57 bits per heavy atom. The lowest BCUT2D eigenvalue weighted by Gasteiger charge is -2.15. The van der Waals surface area contributed by atoms with Crippen LogP contribution in [0.4, 0.5) is 11.4 Å². The summed E-state index contributed by atoms with van der Waals surface area (Å²) >= 11 is 0. The van der Waals surface area contributed by atoms with Crippen molar-refractivity contribution >= 4 is 23.2 Å². The molecule has 2 aromatic carbocycles. The van der Waals surface area contributed by atoms with Crippen LogP contribution in [0.15, 0.2) is 66.9 Å². The number of para-hydroxylation sites is 1. The number of ether oxygens (including phenoxy) is 1. The van der Waals surface area contributed by atoms with Gasteiger partial charge in [0, 0.05) is 17.3 Å². The third kappa shape index (κ3) is 3.32. The van der Waals surface area contributed by atoms with Crippen LogP contribution in [-0.4, -0.2) is 16.8 Å². The third-order valence-electron chi connectivity index (χ3n) is 4.73. The van der Waals surface area contributed by atoms with Crippen LogP contribution in [0.1, 0.15) is 29.8 Å². The fourth-order valence-corrected chi connectivity index (χ4v) is 3.06. The van der Waals surface area contributed by atoms with Gasteiger partial charge in [-0.2, -0.15) is 0 Å². The maximum absolute atomic E-state index is 12.5. The second-order valence-electron chi connectivity index (χ2n) is 7.09. The number of hydrogen-bond acceptors (Lipinski definition) is 4. The van der Waals surface area contributed by atoms with Crippen LogP contribution < -0.4 is 15.4 Å². The van der Waals surface area contributed by atoms with Gasteiger partial charge in [0.25, 0.3) is 5.91 Å². The van der Waals surface area contributed by atoms with E-state index in [1.807, 2.05) is 50.2 Å². The summed E-state index contributed by atoms with van der Waals surface area (Å²) in [6.45, 7) is 3.72. The van der Waals surface area contributed by atoms with E-state index in [0.29, 0.717) is 28.6 Å². The van der Waals surface area contributed by atoms with Gasteiger partial charge in [0.05, 0.1) is 17.3 Å².